The fraction of sp³-hybridized carbons (Fsp3) is 0.588. The Labute approximate surface area is 152 Å². The topological polar surface area (TPSA) is 23.6 Å². The Kier molecular flexibility index (Phi) is 6.57. The molecular weight excluding hydrogens is 348 g/mol. The molecule has 3 rings (SSSR count). The molecule has 2 fully saturated rings. The zero-order chi connectivity index (χ0) is 16.1. The van der Waals surface area contributed by atoms with E-state index in [1.165, 1.54) is 4.90 Å². The molecule has 2 aliphatic rings. The molecule has 23 heavy (non-hydrogen) atoms. The van der Waals surface area contributed by atoms with Crippen LogP contribution >= 0.6 is 35.1 Å². The van der Waals surface area contributed by atoms with E-state index in [9.17, 15) is 4.79 Å². The van der Waals surface area contributed by atoms with Crippen LogP contribution in [0.2, 0.25) is 5.02 Å². The van der Waals surface area contributed by atoms with Gasteiger partial charge in [-0.2, -0.15) is 11.8 Å². The van der Waals surface area contributed by atoms with Crippen LogP contribution in [0, 0.1) is 0 Å². The van der Waals surface area contributed by atoms with E-state index in [4.69, 9.17) is 11.6 Å². The van der Waals surface area contributed by atoms with Gasteiger partial charge in [0.05, 0.1) is 6.04 Å². The average molecular weight is 371 g/mol. The van der Waals surface area contributed by atoms with Crippen LogP contribution in [0.25, 0.3) is 0 Å². The fourth-order valence-electron chi connectivity index (χ4n) is 3.18. The first-order valence-electron chi connectivity index (χ1n) is 8.23. The van der Waals surface area contributed by atoms with Crippen molar-refractivity contribution in [1.29, 1.82) is 0 Å². The van der Waals surface area contributed by atoms with E-state index in [1.807, 2.05) is 35.7 Å². The van der Waals surface area contributed by atoms with Gasteiger partial charge in [0.25, 0.3) is 0 Å². The normalized spacial score (nSPS) is 22.5. The van der Waals surface area contributed by atoms with Crippen LogP contribution in [0.3, 0.4) is 0 Å². The van der Waals surface area contributed by atoms with Crippen molar-refractivity contribution in [3.63, 3.8) is 0 Å². The first kappa shape index (κ1) is 17.5. The van der Waals surface area contributed by atoms with Crippen molar-refractivity contribution in [2.45, 2.75) is 23.8 Å². The molecule has 0 bridgehead atoms. The number of rotatable bonds is 5. The summed E-state index contributed by atoms with van der Waals surface area (Å²) in [5, 5.41) is 0.777. The summed E-state index contributed by atoms with van der Waals surface area (Å²) in [7, 11) is 0. The van der Waals surface area contributed by atoms with Gasteiger partial charge in [0.15, 0.2) is 0 Å². The highest BCUT2D eigenvalue weighted by molar-refractivity contribution is 7.99. The zero-order valence-electron chi connectivity index (χ0n) is 13.2. The number of nitrogens with zero attached hydrogens (tertiary/aromatic N) is 2. The van der Waals surface area contributed by atoms with Crippen molar-refractivity contribution in [3.05, 3.63) is 29.3 Å². The standard InChI is InChI=1S/C17H23ClN2OS2/c18-14-3-5-15(6-4-14)23-13-10-19-7-1-2-16(19)17(21)20-8-11-22-12-9-20/h3-6,16H,1-2,7-13H2. The minimum atomic E-state index is 0.115. The van der Waals surface area contributed by atoms with E-state index < -0.39 is 0 Å². The van der Waals surface area contributed by atoms with Gasteiger partial charge in [-0.1, -0.05) is 11.6 Å². The minimum absolute atomic E-state index is 0.115. The van der Waals surface area contributed by atoms with Gasteiger partial charge in [-0.3, -0.25) is 9.69 Å². The van der Waals surface area contributed by atoms with E-state index >= 15 is 0 Å². The molecule has 6 heteroatoms. The Morgan fingerprint density at radius 1 is 1.22 bits per heavy atom. The second-order valence-corrected chi connectivity index (χ2v) is 8.76. The third-order valence-corrected chi connectivity index (χ3v) is 6.62. The lowest BCUT2D eigenvalue weighted by atomic mass is 10.2. The molecule has 1 aromatic carbocycles. The second kappa shape index (κ2) is 8.65. The molecule has 0 aliphatic carbocycles. The molecule has 1 atom stereocenters. The number of carbonyl (C=O) groups excluding carboxylic acids is 1. The highest BCUT2D eigenvalue weighted by atomic mass is 35.5. The Balaban J connectivity index is 1.48. The third kappa shape index (κ3) is 4.81. The summed E-state index contributed by atoms with van der Waals surface area (Å²) in [6, 6.07) is 8.10. The van der Waals surface area contributed by atoms with Gasteiger partial charge in [-0.15, -0.1) is 11.8 Å². The van der Waals surface area contributed by atoms with E-state index in [1.54, 1.807) is 0 Å². The molecule has 3 nitrogen and oxygen atoms in total. The second-order valence-electron chi connectivity index (χ2n) is 5.93. The summed E-state index contributed by atoms with van der Waals surface area (Å²) in [5.74, 6) is 3.55. The number of likely N-dealkylation sites (tertiary alicyclic amines) is 1. The quantitative estimate of drug-likeness (QED) is 0.740. The van der Waals surface area contributed by atoms with Crippen LogP contribution < -0.4 is 0 Å². The van der Waals surface area contributed by atoms with Gasteiger partial charge >= 0.3 is 0 Å². The highest BCUT2D eigenvalue weighted by Gasteiger charge is 2.33. The van der Waals surface area contributed by atoms with E-state index in [0.29, 0.717) is 5.91 Å². The van der Waals surface area contributed by atoms with Crippen LogP contribution in [0.5, 0.6) is 0 Å². The van der Waals surface area contributed by atoms with Crippen LogP contribution in [-0.2, 0) is 4.79 Å². The van der Waals surface area contributed by atoms with Crippen molar-refractivity contribution >= 4 is 41.0 Å². The average Bonchev–Trinajstić information content (AvgIpc) is 3.05. The molecule has 1 amide bonds. The van der Waals surface area contributed by atoms with Crippen molar-refractivity contribution in [3.8, 4) is 0 Å². The molecule has 126 valence electrons. The summed E-state index contributed by atoms with van der Waals surface area (Å²) in [4.78, 5) is 18.4. The summed E-state index contributed by atoms with van der Waals surface area (Å²) in [5.41, 5.74) is 0. The maximum atomic E-state index is 12.7. The lowest BCUT2D eigenvalue weighted by molar-refractivity contribution is -0.135. The first-order chi connectivity index (χ1) is 11.2. The Morgan fingerprint density at radius 2 is 1.96 bits per heavy atom. The van der Waals surface area contributed by atoms with Gasteiger partial charge in [-0.05, 0) is 43.7 Å². The number of amides is 1. The molecule has 2 aliphatic heterocycles. The predicted molar refractivity (Wildman–Crippen MR) is 101 cm³/mol. The SMILES string of the molecule is O=C(C1CCCN1CCSc1ccc(Cl)cc1)N1CCSCC1. The maximum Gasteiger partial charge on any atom is 0.239 e. The lowest BCUT2D eigenvalue weighted by Gasteiger charge is -2.32. The van der Waals surface area contributed by atoms with Crippen molar-refractivity contribution in [2.75, 3.05) is 43.4 Å². The van der Waals surface area contributed by atoms with Gasteiger partial charge in [0.2, 0.25) is 5.91 Å². The van der Waals surface area contributed by atoms with Crippen molar-refractivity contribution in [2.24, 2.45) is 0 Å². The number of hydrogen-bond acceptors (Lipinski definition) is 4. The number of thioether (sulfide) groups is 2. The van der Waals surface area contributed by atoms with Crippen LogP contribution in [-0.4, -0.2) is 65.2 Å². The van der Waals surface area contributed by atoms with Gasteiger partial charge in [0.1, 0.15) is 0 Å². The van der Waals surface area contributed by atoms with Crippen LogP contribution in [0.1, 0.15) is 12.8 Å². The number of halogens is 1. The number of carbonyl (C=O) groups is 1. The first-order valence-corrected chi connectivity index (χ1v) is 10.7. The van der Waals surface area contributed by atoms with E-state index in [-0.39, 0.29) is 6.04 Å². The highest BCUT2D eigenvalue weighted by Crippen LogP contribution is 2.24. The fourth-order valence-corrected chi connectivity index (χ4v) is 5.10. The molecule has 0 N–H and O–H groups in total. The molecule has 2 saturated heterocycles. The van der Waals surface area contributed by atoms with Crippen molar-refractivity contribution < 1.29 is 4.79 Å². The van der Waals surface area contributed by atoms with Crippen LogP contribution in [0.15, 0.2) is 29.2 Å². The van der Waals surface area contributed by atoms with Gasteiger partial charge in [0, 0.05) is 46.8 Å². The number of hydrogen-bond donors (Lipinski definition) is 0. The third-order valence-electron chi connectivity index (χ3n) is 4.43. The van der Waals surface area contributed by atoms with Crippen molar-refractivity contribution in [1.82, 2.24) is 9.80 Å². The smallest absolute Gasteiger partial charge is 0.239 e. The molecule has 0 saturated carbocycles. The molecule has 1 unspecified atom stereocenters. The monoisotopic (exact) mass is 370 g/mol. The summed E-state index contributed by atoms with van der Waals surface area (Å²) in [6.07, 6.45) is 2.17. The molecule has 0 radical (unpaired) electrons. The molecule has 1 aromatic rings. The van der Waals surface area contributed by atoms with Gasteiger partial charge in [-0.25, -0.2) is 0 Å². The summed E-state index contributed by atoms with van der Waals surface area (Å²) >= 11 is 9.70. The van der Waals surface area contributed by atoms with Gasteiger partial charge < -0.3 is 4.90 Å². The summed E-state index contributed by atoms with van der Waals surface area (Å²) in [6.45, 7) is 3.88. The minimum Gasteiger partial charge on any atom is -0.340 e. The molecule has 2 heterocycles. The Bertz CT molecular complexity index is 520. The molecular formula is C17H23ClN2OS2. The van der Waals surface area contributed by atoms with E-state index in [2.05, 4.69) is 21.9 Å². The summed E-state index contributed by atoms with van der Waals surface area (Å²) < 4.78 is 0. The molecule has 0 spiro atoms. The molecule has 0 aromatic heterocycles. The Morgan fingerprint density at radius 3 is 2.70 bits per heavy atom. The largest absolute Gasteiger partial charge is 0.340 e. The zero-order valence-corrected chi connectivity index (χ0v) is 15.6. The lowest BCUT2D eigenvalue weighted by Crippen LogP contribution is -2.48. The number of benzene rings is 1. The maximum absolute atomic E-state index is 12.7. The predicted octanol–water partition coefficient (Wildman–Crippen LogP) is 3.47. The van der Waals surface area contributed by atoms with E-state index in [0.717, 1.165) is 61.3 Å². The van der Waals surface area contributed by atoms with Crippen LogP contribution in [0.4, 0.5) is 0 Å². The Hall–Kier alpha value is -0.360.